The molecule has 18 heavy (non-hydrogen) atoms. The Balaban J connectivity index is 2.15. The fourth-order valence-corrected chi connectivity index (χ4v) is 2.07. The van der Waals surface area contributed by atoms with Gasteiger partial charge in [0.15, 0.2) is 11.5 Å². The largest absolute Gasteiger partial charge is 0.481 e. The number of amides is 1. The predicted octanol–water partition coefficient (Wildman–Crippen LogP) is -0.124. The van der Waals surface area contributed by atoms with Crippen molar-refractivity contribution >= 4 is 17.7 Å². The number of nitrogens with zero attached hydrogens (tertiary/aromatic N) is 3. The maximum absolute atomic E-state index is 11.2. The Hall–Kier alpha value is -2.18. The van der Waals surface area contributed by atoms with E-state index in [1.807, 2.05) is 4.90 Å². The van der Waals surface area contributed by atoms with Crippen LogP contribution in [0.1, 0.15) is 23.3 Å². The molecule has 1 aliphatic rings. The zero-order valence-electron chi connectivity index (χ0n) is 9.74. The number of carboxylic acids is 1. The van der Waals surface area contributed by atoms with Crippen LogP contribution >= 0.6 is 0 Å². The summed E-state index contributed by atoms with van der Waals surface area (Å²) in [5.74, 6) is -1.29. The van der Waals surface area contributed by atoms with Crippen molar-refractivity contribution in [1.82, 2.24) is 9.97 Å². The number of primary amides is 1. The van der Waals surface area contributed by atoms with Gasteiger partial charge in [-0.25, -0.2) is 9.97 Å². The fourth-order valence-electron chi connectivity index (χ4n) is 2.07. The Kier molecular flexibility index (Phi) is 3.40. The molecule has 0 bridgehead atoms. The van der Waals surface area contributed by atoms with Gasteiger partial charge in [0.1, 0.15) is 0 Å². The number of hydrogen-bond acceptors (Lipinski definition) is 5. The Morgan fingerprint density at radius 3 is 2.44 bits per heavy atom. The molecule has 0 unspecified atom stereocenters. The van der Waals surface area contributed by atoms with E-state index in [1.165, 1.54) is 12.4 Å². The second kappa shape index (κ2) is 4.99. The van der Waals surface area contributed by atoms with E-state index in [0.717, 1.165) is 0 Å². The van der Waals surface area contributed by atoms with Gasteiger partial charge < -0.3 is 15.7 Å². The molecule has 1 aromatic rings. The number of carboxylic acid groups (broad SMARTS) is 1. The molecule has 0 atom stereocenters. The van der Waals surface area contributed by atoms with E-state index in [9.17, 15) is 9.59 Å². The number of aromatic nitrogens is 2. The van der Waals surface area contributed by atoms with Gasteiger partial charge in [-0.15, -0.1) is 0 Å². The third-order valence-electron chi connectivity index (χ3n) is 3.06. The standard InChI is InChI=1S/C11H14N4O3/c12-9(16)8-10(14-4-3-13-8)15-5-1-7(2-6-15)11(17)18/h3-4,7H,1-2,5-6H2,(H2,12,16)(H,17,18). The first kappa shape index (κ1) is 12.3. The number of carbonyl (C=O) groups excluding carboxylic acids is 1. The van der Waals surface area contributed by atoms with Crippen LogP contribution in [0.2, 0.25) is 0 Å². The minimum Gasteiger partial charge on any atom is -0.481 e. The first-order chi connectivity index (χ1) is 8.59. The van der Waals surface area contributed by atoms with E-state index in [2.05, 4.69) is 9.97 Å². The van der Waals surface area contributed by atoms with Crippen molar-refractivity contribution < 1.29 is 14.7 Å². The van der Waals surface area contributed by atoms with Crippen LogP contribution in [-0.2, 0) is 4.79 Å². The summed E-state index contributed by atoms with van der Waals surface area (Å²) in [5.41, 5.74) is 5.37. The van der Waals surface area contributed by atoms with E-state index in [0.29, 0.717) is 31.7 Å². The van der Waals surface area contributed by atoms with Gasteiger partial charge in [-0.1, -0.05) is 0 Å². The summed E-state index contributed by atoms with van der Waals surface area (Å²) < 4.78 is 0. The third-order valence-corrected chi connectivity index (χ3v) is 3.06. The van der Waals surface area contributed by atoms with Crippen LogP contribution in [0.5, 0.6) is 0 Å². The van der Waals surface area contributed by atoms with E-state index in [-0.39, 0.29) is 11.6 Å². The Morgan fingerprint density at radius 2 is 1.89 bits per heavy atom. The zero-order chi connectivity index (χ0) is 13.1. The normalized spacial score (nSPS) is 16.6. The first-order valence-electron chi connectivity index (χ1n) is 5.68. The summed E-state index contributed by atoms with van der Waals surface area (Å²) in [4.78, 5) is 32.0. The summed E-state index contributed by atoms with van der Waals surface area (Å²) in [5, 5.41) is 8.92. The van der Waals surface area contributed by atoms with Gasteiger partial charge in [-0.3, -0.25) is 9.59 Å². The van der Waals surface area contributed by atoms with E-state index in [4.69, 9.17) is 10.8 Å². The number of rotatable bonds is 3. The number of carbonyl (C=O) groups is 2. The van der Waals surface area contributed by atoms with Gasteiger partial charge in [0, 0.05) is 25.5 Å². The third kappa shape index (κ3) is 2.39. The van der Waals surface area contributed by atoms with Crippen LogP contribution in [0.15, 0.2) is 12.4 Å². The predicted molar refractivity (Wildman–Crippen MR) is 63.1 cm³/mol. The molecule has 3 N–H and O–H groups in total. The van der Waals surface area contributed by atoms with Crippen molar-refractivity contribution in [3.05, 3.63) is 18.1 Å². The number of nitrogens with two attached hydrogens (primary N) is 1. The van der Waals surface area contributed by atoms with Crippen LogP contribution in [0, 0.1) is 5.92 Å². The molecule has 0 saturated carbocycles. The fraction of sp³-hybridized carbons (Fsp3) is 0.455. The van der Waals surface area contributed by atoms with Gasteiger partial charge in [0.2, 0.25) is 0 Å². The van der Waals surface area contributed by atoms with Gasteiger partial charge in [0.05, 0.1) is 5.92 Å². The quantitative estimate of drug-likeness (QED) is 0.773. The highest BCUT2D eigenvalue weighted by atomic mass is 16.4. The summed E-state index contributed by atoms with van der Waals surface area (Å²) in [6.45, 7) is 1.08. The maximum atomic E-state index is 11.2. The van der Waals surface area contributed by atoms with Crippen molar-refractivity contribution in [2.45, 2.75) is 12.8 Å². The lowest BCUT2D eigenvalue weighted by Crippen LogP contribution is -2.38. The molecule has 2 rings (SSSR count). The van der Waals surface area contributed by atoms with Crippen molar-refractivity contribution in [3.63, 3.8) is 0 Å². The van der Waals surface area contributed by atoms with Crippen molar-refractivity contribution in [2.75, 3.05) is 18.0 Å². The van der Waals surface area contributed by atoms with Crippen molar-refractivity contribution in [1.29, 1.82) is 0 Å². The highest BCUT2D eigenvalue weighted by molar-refractivity contribution is 5.95. The van der Waals surface area contributed by atoms with Crippen LogP contribution in [-0.4, -0.2) is 40.0 Å². The molecule has 7 heteroatoms. The Morgan fingerprint density at radius 1 is 1.28 bits per heavy atom. The molecule has 1 amide bonds. The molecule has 7 nitrogen and oxygen atoms in total. The van der Waals surface area contributed by atoms with Crippen molar-refractivity contribution in [3.8, 4) is 0 Å². The number of hydrogen-bond donors (Lipinski definition) is 2. The van der Waals surface area contributed by atoms with Crippen LogP contribution < -0.4 is 10.6 Å². The molecular formula is C11H14N4O3. The highest BCUT2D eigenvalue weighted by Gasteiger charge is 2.27. The molecule has 0 aliphatic carbocycles. The SMILES string of the molecule is NC(=O)c1nccnc1N1CCC(C(=O)O)CC1. The molecule has 0 spiro atoms. The molecule has 0 aromatic carbocycles. The molecule has 1 saturated heterocycles. The number of anilines is 1. The molecule has 1 aliphatic heterocycles. The number of piperidine rings is 1. The average Bonchev–Trinajstić information content (AvgIpc) is 2.39. The minimum atomic E-state index is -0.774. The lowest BCUT2D eigenvalue weighted by molar-refractivity contribution is -0.142. The van der Waals surface area contributed by atoms with Gasteiger partial charge in [-0.05, 0) is 12.8 Å². The molecule has 0 radical (unpaired) electrons. The molecule has 2 heterocycles. The van der Waals surface area contributed by atoms with Crippen LogP contribution in [0.4, 0.5) is 5.82 Å². The monoisotopic (exact) mass is 250 g/mol. The van der Waals surface area contributed by atoms with Gasteiger partial charge in [0.25, 0.3) is 5.91 Å². The van der Waals surface area contributed by atoms with Gasteiger partial charge in [-0.2, -0.15) is 0 Å². The summed E-state index contributed by atoms with van der Waals surface area (Å²) >= 11 is 0. The summed E-state index contributed by atoms with van der Waals surface area (Å²) in [6.07, 6.45) is 3.97. The Bertz CT molecular complexity index is 469. The highest BCUT2D eigenvalue weighted by Crippen LogP contribution is 2.23. The molecule has 96 valence electrons. The first-order valence-corrected chi connectivity index (χ1v) is 5.68. The second-order valence-corrected chi connectivity index (χ2v) is 4.19. The minimum absolute atomic E-state index is 0.131. The second-order valence-electron chi connectivity index (χ2n) is 4.19. The topological polar surface area (TPSA) is 109 Å². The van der Waals surface area contributed by atoms with Crippen molar-refractivity contribution in [2.24, 2.45) is 11.7 Å². The van der Waals surface area contributed by atoms with E-state index < -0.39 is 11.9 Å². The Labute approximate surface area is 104 Å². The zero-order valence-corrected chi connectivity index (χ0v) is 9.74. The molecular weight excluding hydrogens is 236 g/mol. The van der Waals surface area contributed by atoms with E-state index in [1.54, 1.807) is 0 Å². The average molecular weight is 250 g/mol. The van der Waals surface area contributed by atoms with Gasteiger partial charge >= 0.3 is 5.97 Å². The smallest absolute Gasteiger partial charge is 0.306 e. The maximum Gasteiger partial charge on any atom is 0.306 e. The lowest BCUT2D eigenvalue weighted by atomic mass is 9.97. The molecule has 1 fully saturated rings. The molecule has 1 aromatic heterocycles. The van der Waals surface area contributed by atoms with Crippen LogP contribution in [0.25, 0.3) is 0 Å². The summed E-state index contributed by atoms with van der Waals surface area (Å²) in [6, 6.07) is 0. The lowest BCUT2D eigenvalue weighted by Gasteiger charge is -2.31. The summed E-state index contributed by atoms with van der Waals surface area (Å²) in [7, 11) is 0. The number of aliphatic carboxylic acids is 1. The van der Waals surface area contributed by atoms with E-state index >= 15 is 0 Å². The van der Waals surface area contributed by atoms with Crippen LogP contribution in [0.3, 0.4) is 0 Å².